The van der Waals surface area contributed by atoms with E-state index in [0.29, 0.717) is 22.4 Å². The van der Waals surface area contributed by atoms with E-state index in [2.05, 4.69) is 14.9 Å². The number of nitrogens with two attached hydrogens (primary N) is 1. The Bertz CT molecular complexity index is 1140. The van der Waals surface area contributed by atoms with Crippen molar-refractivity contribution in [3.8, 4) is 0 Å². The van der Waals surface area contributed by atoms with Crippen molar-refractivity contribution in [1.29, 1.82) is 0 Å². The molecule has 3 N–H and O–H groups in total. The highest BCUT2D eigenvalue weighted by Crippen LogP contribution is 2.25. The van der Waals surface area contributed by atoms with E-state index < -0.39 is 0 Å². The molecule has 3 aromatic rings. The number of anilines is 2. The lowest BCUT2D eigenvalue weighted by atomic mass is 9.95. The summed E-state index contributed by atoms with van der Waals surface area (Å²) in [6.45, 7) is 5.01. The number of carbonyl (C=O) groups is 2. The van der Waals surface area contributed by atoms with E-state index in [0.717, 1.165) is 43.4 Å². The Labute approximate surface area is 203 Å². The third-order valence-corrected chi connectivity index (χ3v) is 7.72. The molecule has 2 aliphatic heterocycles. The molecule has 0 atom stereocenters. The second-order valence-electron chi connectivity index (χ2n) is 9.40. The quantitative estimate of drug-likeness (QED) is 0.562. The van der Waals surface area contributed by atoms with E-state index in [1.165, 1.54) is 48.6 Å². The molecule has 2 saturated heterocycles. The van der Waals surface area contributed by atoms with Gasteiger partial charge in [0.2, 0.25) is 5.91 Å². The molecular weight excluding hydrogens is 448 g/mol. The molecule has 9 heteroatoms. The Morgan fingerprint density at radius 2 is 1.91 bits per heavy atom. The van der Waals surface area contributed by atoms with Crippen molar-refractivity contribution in [2.75, 3.05) is 49.9 Å². The number of H-pyrrole nitrogens is 1. The van der Waals surface area contributed by atoms with Crippen LogP contribution in [0.5, 0.6) is 0 Å². The fraction of sp³-hybridized carbons (Fsp3) is 0.480. The number of thiazole rings is 1. The number of aromatic nitrogens is 2. The monoisotopic (exact) mass is 480 g/mol. The number of aromatic amines is 1. The number of fused-ring (bicyclic) bond motifs is 1. The maximum atomic E-state index is 13.5. The van der Waals surface area contributed by atoms with E-state index in [-0.39, 0.29) is 18.4 Å². The average molecular weight is 481 g/mol. The minimum absolute atomic E-state index is 0.0401. The Kier molecular flexibility index (Phi) is 6.82. The van der Waals surface area contributed by atoms with Gasteiger partial charge in [0.25, 0.3) is 5.91 Å². The Balaban J connectivity index is 1.25. The number of benzene rings is 1. The van der Waals surface area contributed by atoms with Crippen molar-refractivity contribution in [1.82, 2.24) is 19.8 Å². The predicted octanol–water partition coefficient (Wildman–Crippen LogP) is 3.58. The van der Waals surface area contributed by atoms with Crippen LogP contribution in [0.2, 0.25) is 0 Å². The number of likely N-dealkylation sites (tertiary alicyclic amines) is 2. The molecule has 0 spiro atoms. The van der Waals surface area contributed by atoms with Crippen LogP contribution in [0.1, 0.15) is 42.5 Å². The zero-order chi connectivity index (χ0) is 23.5. The summed E-state index contributed by atoms with van der Waals surface area (Å²) in [6.07, 6.45) is 7.84. The molecule has 4 heterocycles. The number of hydrogen-bond acceptors (Lipinski definition) is 6. The third kappa shape index (κ3) is 5.10. The van der Waals surface area contributed by atoms with E-state index in [4.69, 9.17) is 5.73 Å². The molecule has 2 aromatic heterocycles. The smallest absolute Gasteiger partial charge is 0.260 e. The van der Waals surface area contributed by atoms with Crippen molar-refractivity contribution in [3.63, 3.8) is 0 Å². The zero-order valence-electron chi connectivity index (χ0n) is 19.4. The standard InChI is InChI=1S/C25H32N6O2S/c26-25-28-22(17-34-25)31(24(33)20-5-4-19-6-9-27-21(19)14-20)16-23(32)30-12-7-18(8-13-30)15-29-10-2-1-3-11-29/h4-6,9,14,17-18,27H,1-3,7-8,10-13,15-16H2,(H2,26,28). The lowest BCUT2D eigenvalue weighted by Gasteiger charge is -2.36. The van der Waals surface area contributed by atoms with Crippen LogP contribution in [0.3, 0.4) is 0 Å². The zero-order valence-corrected chi connectivity index (χ0v) is 20.2. The van der Waals surface area contributed by atoms with E-state index in [9.17, 15) is 9.59 Å². The Morgan fingerprint density at radius 1 is 1.12 bits per heavy atom. The van der Waals surface area contributed by atoms with Gasteiger partial charge in [-0.3, -0.25) is 14.5 Å². The van der Waals surface area contributed by atoms with Crippen LogP contribution in [-0.2, 0) is 4.79 Å². The highest BCUT2D eigenvalue weighted by atomic mass is 32.1. The summed E-state index contributed by atoms with van der Waals surface area (Å²) in [4.78, 5) is 40.1. The molecule has 5 rings (SSSR count). The number of nitrogens with zero attached hydrogens (tertiary/aromatic N) is 4. The van der Waals surface area contributed by atoms with Crippen LogP contribution < -0.4 is 10.6 Å². The first-order chi connectivity index (χ1) is 16.6. The molecule has 34 heavy (non-hydrogen) atoms. The second kappa shape index (κ2) is 10.1. The molecule has 2 aliphatic rings. The van der Waals surface area contributed by atoms with Gasteiger partial charge in [0, 0.05) is 42.3 Å². The van der Waals surface area contributed by atoms with Gasteiger partial charge in [-0.15, -0.1) is 11.3 Å². The van der Waals surface area contributed by atoms with E-state index in [1.54, 1.807) is 11.4 Å². The lowest BCUT2D eigenvalue weighted by Crippen LogP contribution is -2.47. The van der Waals surface area contributed by atoms with Crippen LogP contribution >= 0.6 is 11.3 Å². The van der Waals surface area contributed by atoms with Crippen molar-refractivity contribution >= 4 is 45.0 Å². The maximum Gasteiger partial charge on any atom is 0.260 e. The molecule has 0 saturated carbocycles. The number of nitrogen functional groups attached to an aromatic ring is 1. The first-order valence-electron chi connectivity index (χ1n) is 12.2. The number of carbonyl (C=O) groups excluding carboxylic acids is 2. The summed E-state index contributed by atoms with van der Waals surface area (Å²) in [6, 6.07) is 7.47. The molecule has 0 radical (unpaired) electrons. The summed E-state index contributed by atoms with van der Waals surface area (Å²) in [5, 5.41) is 3.14. The minimum atomic E-state index is -0.255. The van der Waals surface area contributed by atoms with Crippen molar-refractivity contribution in [2.24, 2.45) is 5.92 Å². The number of amides is 2. The van der Waals surface area contributed by atoms with E-state index >= 15 is 0 Å². The van der Waals surface area contributed by atoms with Crippen molar-refractivity contribution < 1.29 is 9.59 Å². The Hall–Kier alpha value is -2.91. The minimum Gasteiger partial charge on any atom is -0.375 e. The van der Waals surface area contributed by atoms with Gasteiger partial charge < -0.3 is 20.5 Å². The third-order valence-electron chi connectivity index (χ3n) is 7.06. The summed E-state index contributed by atoms with van der Waals surface area (Å²) >= 11 is 1.27. The summed E-state index contributed by atoms with van der Waals surface area (Å²) in [5.41, 5.74) is 7.24. The summed E-state index contributed by atoms with van der Waals surface area (Å²) in [7, 11) is 0. The van der Waals surface area contributed by atoms with Crippen LogP contribution in [0.15, 0.2) is 35.8 Å². The van der Waals surface area contributed by atoms with Gasteiger partial charge in [-0.1, -0.05) is 12.5 Å². The largest absolute Gasteiger partial charge is 0.375 e. The molecule has 0 aliphatic carbocycles. The first-order valence-corrected chi connectivity index (χ1v) is 13.0. The lowest BCUT2D eigenvalue weighted by molar-refractivity contribution is -0.131. The molecule has 8 nitrogen and oxygen atoms in total. The molecule has 0 bridgehead atoms. The van der Waals surface area contributed by atoms with Crippen LogP contribution in [0.25, 0.3) is 10.9 Å². The Morgan fingerprint density at radius 3 is 2.65 bits per heavy atom. The van der Waals surface area contributed by atoms with Gasteiger partial charge >= 0.3 is 0 Å². The molecule has 2 fully saturated rings. The topological polar surface area (TPSA) is 98.6 Å². The van der Waals surface area contributed by atoms with Crippen molar-refractivity contribution in [3.05, 3.63) is 41.4 Å². The van der Waals surface area contributed by atoms with Crippen LogP contribution in [0, 0.1) is 5.92 Å². The normalized spacial score (nSPS) is 17.8. The highest BCUT2D eigenvalue weighted by molar-refractivity contribution is 7.13. The fourth-order valence-electron chi connectivity index (χ4n) is 5.10. The SMILES string of the molecule is Nc1nc(N(CC(=O)N2CCC(CN3CCCCC3)CC2)C(=O)c2ccc3cc[nH]c3c2)cs1. The average Bonchev–Trinajstić information content (AvgIpc) is 3.51. The highest BCUT2D eigenvalue weighted by Gasteiger charge is 2.29. The number of piperidine rings is 2. The van der Waals surface area contributed by atoms with Gasteiger partial charge in [-0.05, 0) is 68.3 Å². The van der Waals surface area contributed by atoms with Gasteiger partial charge in [0.1, 0.15) is 12.4 Å². The van der Waals surface area contributed by atoms with Crippen LogP contribution in [0.4, 0.5) is 10.9 Å². The molecule has 180 valence electrons. The first kappa shape index (κ1) is 22.9. The van der Waals surface area contributed by atoms with Gasteiger partial charge in [0.15, 0.2) is 5.13 Å². The fourth-order valence-corrected chi connectivity index (χ4v) is 5.66. The molecular formula is C25H32N6O2S. The summed E-state index contributed by atoms with van der Waals surface area (Å²) < 4.78 is 0. The number of nitrogens with one attached hydrogen (secondary N) is 1. The predicted molar refractivity (Wildman–Crippen MR) is 136 cm³/mol. The number of hydrogen-bond donors (Lipinski definition) is 2. The van der Waals surface area contributed by atoms with Gasteiger partial charge in [0.05, 0.1) is 0 Å². The van der Waals surface area contributed by atoms with Crippen molar-refractivity contribution in [2.45, 2.75) is 32.1 Å². The van der Waals surface area contributed by atoms with Gasteiger partial charge in [-0.2, -0.15) is 0 Å². The maximum absolute atomic E-state index is 13.5. The van der Waals surface area contributed by atoms with E-state index in [1.807, 2.05) is 29.3 Å². The molecule has 0 unspecified atom stereocenters. The second-order valence-corrected chi connectivity index (χ2v) is 10.3. The summed E-state index contributed by atoms with van der Waals surface area (Å²) in [5.74, 6) is 0.769. The van der Waals surface area contributed by atoms with Gasteiger partial charge in [-0.25, -0.2) is 4.98 Å². The molecule has 1 aromatic carbocycles. The molecule has 2 amide bonds. The number of rotatable bonds is 6. The van der Waals surface area contributed by atoms with Crippen LogP contribution in [-0.4, -0.2) is 70.9 Å².